The van der Waals surface area contributed by atoms with Crippen molar-refractivity contribution in [2.45, 2.75) is 19.3 Å². The van der Waals surface area contributed by atoms with Gasteiger partial charge in [0, 0.05) is 11.1 Å². The third-order valence-electron chi connectivity index (χ3n) is 4.53. The SMILES string of the molecule is O=C(C1=C2CCC(=C1c1ccccc1)C2)c1ccc(O)cc1. The van der Waals surface area contributed by atoms with Crippen LogP contribution in [0.25, 0.3) is 5.57 Å². The number of carbonyl (C=O) groups is 1. The molecule has 2 aliphatic carbocycles. The lowest BCUT2D eigenvalue weighted by atomic mass is 9.87. The summed E-state index contributed by atoms with van der Waals surface area (Å²) in [5, 5.41) is 9.41. The van der Waals surface area contributed by atoms with Crippen molar-refractivity contribution in [3.05, 3.63) is 82.4 Å². The Morgan fingerprint density at radius 3 is 2.27 bits per heavy atom. The highest BCUT2D eigenvalue weighted by Crippen LogP contribution is 2.49. The quantitative estimate of drug-likeness (QED) is 0.843. The molecule has 4 rings (SSSR count). The number of hydrogen-bond acceptors (Lipinski definition) is 2. The van der Waals surface area contributed by atoms with Crippen molar-refractivity contribution in [3.63, 3.8) is 0 Å². The number of ketones is 1. The number of carbonyl (C=O) groups excluding carboxylic acids is 1. The molecule has 2 aliphatic rings. The van der Waals surface area contributed by atoms with Crippen LogP contribution < -0.4 is 0 Å². The van der Waals surface area contributed by atoms with Gasteiger partial charge in [0.1, 0.15) is 5.75 Å². The summed E-state index contributed by atoms with van der Waals surface area (Å²) in [5.74, 6) is 0.257. The van der Waals surface area contributed by atoms with E-state index in [1.54, 1.807) is 24.3 Å². The fourth-order valence-corrected chi connectivity index (χ4v) is 3.50. The summed E-state index contributed by atoms with van der Waals surface area (Å²) in [6.07, 6.45) is 3.03. The Morgan fingerprint density at radius 2 is 1.55 bits per heavy atom. The summed E-state index contributed by atoms with van der Waals surface area (Å²) in [4.78, 5) is 13.0. The predicted molar refractivity (Wildman–Crippen MR) is 86.7 cm³/mol. The van der Waals surface area contributed by atoms with E-state index in [0.717, 1.165) is 36.0 Å². The summed E-state index contributed by atoms with van der Waals surface area (Å²) in [6, 6.07) is 16.7. The number of phenols is 1. The van der Waals surface area contributed by atoms with Gasteiger partial charge in [-0.2, -0.15) is 0 Å². The summed E-state index contributed by atoms with van der Waals surface area (Å²) in [7, 11) is 0. The first-order valence-electron chi connectivity index (χ1n) is 7.57. The molecule has 2 nitrogen and oxygen atoms in total. The highest BCUT2D eigenvalue weighted by molar-refractivity contribution is 6.21. The van der Waals surface area contributed by atoms with Crippen LogP contribution in [0.4, 0.5) is 0 Å². The largest absolute Gasteiger partial charge is 0.508 e. The Kier molecular flexibility index (Phi) is 2.97. The first-order valence-corrected chi connectivity index (χ1v) is 7.57. The van der Waals surface area contributed by atoms with Crippen LogP contribution in [-0.4, -0.2) is 10.9 Å². The van der Waals surface area contributed by atoms with Crippen LogP contribution in [-0.2, 0) is 0 Å². The molecule has 0 amide bonds. The van der Waals surface area contributed by atoms with E-state index in [9.17, 15) is 9.90 Å². The van der Waals surface area contributed by atoms with Crippen molar-refractivity contribution >= 4 is 11.4 Å². The molecule has 2 heteroatoms. The summed E-state index contributed by atoms with van der Waals surface area (Å²) < 4.78 is 0. The highest BCUT2D eigenvalue weighted by atomic mass is 16.3. The number of benzene rings is 2. The number of hydrogen-bond donors (Lipinski definition) is 1. The normalized spacial score (nSPS) is 16.5. The van der Waals surface area contributed by atoms with E-state index in [1.807, 2.05) is 18.2 Å². The molecule has 0 radical (unpaired) electrons. The molecule has 0 aliphatic heterocycles. The Bertz CT molecular complexity index is 809. The summed E-state index contributed by atoms with van der Waals surface area (Å²) in [6.45, 7) is 0. The first-order chi connectivity index (χ1) is 10.7. The topological polar surface area (TPSA) is 37.3 Å². The van der Waals surface area contributed by atoms with Crippen molar-refractivity contribution in [1.82, 2.24) is 0 Å². The van der Waals surface area contributed by atoms with E-state index in [0.29, 0.717) is 5.56 Å². The second-order valence-corrected chi connectivity index (χ2v) is 5.88. The van der Waals surface area contributed by atoms with Crippen molar-refractivity contribution in [3.8, 4) is 5.75 Å². The van der Waals surface area contributed by atoms with Gasteiger partial charge < -0.3 is 5.11 Å². The third-order valence-corrected chi connectivity index (χ3v) is 4.53. The molecule has 0 atom stereocenters. The Hall–Kier alpha value is -2.61. The fraction of sp³-hybridized carbons (Fsp3) is 0.150. The van der Waals surface area contributed by atoms with Gasteiger partial charge in [0.25, 0.3) is 0 Å². The Morgan fingerprint density at radius 1 is 0.864 bits per heavy atom. The zero-order valence-electron chi connectivity index (χ0n) is 12.2. The van der Waals surface area contributed by atoms with Gasteiger partial charge in [0.2, 0.25) is 0 Å². The molecule has 1 N–H and O–H groups in total. The van der Waals surface area contributed by atoms with Gasteiger partial charge in [-0.3, -0.25) is 4.79 Å². The van der Waals surface area contributed by atoms with Gasteiger partial charge in [-0.05, 0) is 54.7 Å². The minimum atomic E-state index is 0.0727. The number of rotatable bonds is 3. The first kappa shape index (κ1) is 13.1. The molecular weight excluding hydrogens is 272 g/mol. The van der Waals surface area contributed by atoms with Crippen LogP contribution in [0.3, 0.4) is 0 Å². The molecule has 2 bridgehead atoms. The van der Waals surface area contributed by atoms with Crippen molar-refractivity contribution < 1.29 is 9.90 Å². The summed E-state index contributed by atoms with van der Waals surface area (Å²) in [5.41, 5.74) is 6.46. The Balaban J connectivity index is 1.79. The maximum atomic E-state index is 13.0. The molecule has 0 unspecified atom stereocenters. The van der Waals surface area contributed by atoms with E-state index in [4.69, 9.17) is 0 Å². The van der Waals surface area contributed by atoms with E-state index in [2.05, 4.69) is 12.1 Å². The lowest BCUT2D eigenvalue weighted by Gasteiger charge is -2.15. The number of aromatic hydroxyl groups is 1. The minimum absolute atomic E-state index is 0.0727. The third kappa shape index (κ3) is 2.00. The maximum Gasteiger partial charge on any atom is 0.193 e. The molecular formula is C20H16O2. The summed E-state index contributed by atoms with van der Waals surface area (Å²) >= 11 is 0. The van der Waals surface area contributed by atoms with Crippen LogP contribution in [0.5, 0.6) is 5.75 Å². The highest BCUT2D eigenvalue weighted by Gasteiger charge is 2.34. The van der Waals surface area contributed by atoms with E-state index in [-0.39, 0.29) is 11.5 Å². The van der Waals surface area contributed by atoms with Crippen molar-refractivity contribution in [2.24, 2.45) is 0 Å². The lowest BCUT2D eigenvalue weighted by Crippen LogP contribution is -2.08. The minimum Gasteiger partial charge on any atom is -0.508 e. The van der Waals surface area contributed by atoms with Crippen LogP contribution in [0, 0.1) is 0 Å². The zero-order valence-corrected chi connectivity index (χ0v) is 12.2. The van der Waals surface area contributed by atoms with Gasteiger partial charge in [0.15, 0.2) is 5.78 Å². The standard InChI is InChI=1S/C20H16O2/c21-17-10-8-14(9-11-17)20(22)19-16-7-6-15(12-16)18(19)13-4-2-1-3-5-13/h1-5,8-11,21H,6-7,12H2. The van der Waals surface area contributed by atoms with Crippen molar-refractivity contribution in [2.75, 3.05) is 0 Å². The smallest absolute Gasteiger partial charge is 0.193 e. The number of allylic oxidation sites excluding steroid dienone is 4. The van der Waals surface area contributed by atoms with Crippen LogP contribution in [0.1, 0.15) is 35.2 Å². The zero-order chi connectivity index (χ0) is 15.1. The molecule has 2 aromatic carbocycles. The Labute approximate surface area is 129 Å². The number of phenolic OH excluding ortho intramolecular Hbond substituents is 1. The molecule has 2 aromatic rings. The van der Waals surface area contributed by atoms with Crippen LogP contribution in [0.2, 0.25) is 0 Å². The molecule has 1 fully saturated rings. The van der Waals surface area contributed by atoms with Gasteiger partial charge >= 0.3 is 0 Å². The van der Waals surface area contributed by atoms with Gasteiger partial charge in [-0.15, -0.1) is 0 Å². The maximum absolute atomic E-state index is 13.0. The van der Waals surface area contributed by atoms with Crippen LogP contribution >= 0.6 is 0 Å². The van der Waals surface area contributed by atoms with E-state index < -0.39 is 0 Å². The van der Waals surface area contributed by atoms with Gasteiger partial charge in [0.05, 0.1) is 0 Å². The van der Waals surface area contributed by atoms with Gasteiger partial charge in [-0.1, -0.05) is 41.5 Å². The fourth-order valence-electron chi connectivity index (χ4n) is 3.50. The molecule has 0 heterocycles. The molecule has 1 saturated carbocycles. The van der Waals surface area contributed by atoms with Gasteiger partial charge in [-0.25, -0.2) is 0 Å². The molecule has 0 aromatic heterocycles. The second kappa shape index (κ2) is 4.99. The van der Waals surface area contributed by atoms with E-state index in [1.165, 1.54) is 11.1 Å². The molecule has 0 saturated heterocycles. The second-order valence-electron chi connectivity index (χ2n) is 5.88. The lowest BCUT2D eigenvalue weighted by molar-refractivity contribution is 0.103. The molecule has 22 heavy (non-hydrogen) atoms. The van der Waals surface area contributed by atoms with E-state index >= 15 is 0 Å². The van der Waals surface area contributed by atoms with Crippen molar-refractivity contribution in [1.29, 1.82) is 0 Å². The number of fused-ring (bicyclic) bond motifs is 2. The monoisotopic (exact) mass is 288 g/mol. The average Bonchev–Trinajstić information content (AvgIpc) is 3.17. The predicted octanol–water partition coefficient (Wildman–Crippen LogP) is 4.52. The number of Topliss-reactive ketones (excluding diaryl/α,β-unsaturated/α-hetero) is 1. The molecule has 108 valence electrons. The molecule has 0 spiro atoms. The van der Waals surface area contributed by atoms with Crippen LogP contribution in [0.15, 0.2) is 71.3 Å². The average molecular weight is 288 g/mol.